The summed E-state index contributed by atoms with van der Waals surface area (Å²) in [5.41, 5.74) is 4.74. The highest BCUT2D eigenvalue weighted by molar-refractivity contribution is 9.10. The van der Waals surface area contributed by atoms with Crippen molar-refractivity contribution in [2.45, 2.75) is 13.8 Å². The molecule has 0 spiro atoms. The summed E-state index contributed by atoms with van der Waals surface area (Å²) in [6.07, 6.45) is 0. The molecule has 0 fully saturated rings. The summed E-state index contributed by atoms with van der Waals surface area (Å²) in [6, 6.07) is 7.97. The molecule has 0 unspecified atom stereocenters. The van der Waals surface area contributed by atoms with E-state index < -0.39 is 0 Å². The van der Waals surface area contributed by atoms with Crippen molar-refractivity contribution in [1.29, 1.82) is 0 Å². The first-order valence-electron chi connectivity index (χ1n) is 4.97. The normalized spacial score (nSPS) is 11.1. The number of thiocarbonyl (C=S) groups is 1. The first-order valence-corrected chi connectivity index (χ1v) is 6.17. The van der Waals surface area contributed by atoms with Crippen molar-refractivity contribution in [3.05, 3.63) is 34.3 Å². The molecule has 16 heavy (non-hydrogen) atoms. The maximum absolute atomic E-state index is 5.01. The Kier molecular flexibility index (Phi) is 5.42. The molecule has 0 aliphatic carbocycles. The van der Waals surface area contributed by atoms with Crippen LogP contribution in [0, 0.1) is 0 Å². The molecule has 1 aromatic carbocycles. The van der Waals surface area contributed by atoms with Gasteiger partial charge in [-0.25, -0.2) is 0 Å². The molecule has 0 atom stereocenters. The number of nitrogens with one attached hydrogen (secondary N) is 2. The zero-order valence-corrected chi connectivity index (χ0v) is 11.7. The smallest absolute Gasteiger partial charge is 0.186 e. The Morgan fingerprint density at radius 3 is 2.88 bits per heavy atom. The predicted octanol–water partition coefficient (Wildman–Crippen LogP) is 2.66. The highest BCUT2D eigenvalue weighted by atomic mass is 79.9. The van der Waals surface area contributed by atoms with E-state index in [2.05, 4.69) is 31.8 Å². The third-order valence-electron chi connectivity index (χ3n) is 1.90. The van der Waals surface area contributed by atoms with Gasteiger partial charge in [-0.3, -0.25) is 5.43 Å². The minimum absolute atomic E-state index is 0.539. The summed E-state index contributed by atoms with van der Waals surface area (Å²) in [5.74, 6) is 0. The molecule has 3 nitrogen and oxygen atoms in total. The van der Waals surface area contributed by atoms with Gasteiger partial charge in [-0.2, -0.15) is 5.10 Å². The van der Waals surface area contributed by atoms with E-state index in [1.165, 1.54) is 0 Å². The fourth-order valence-corrected chi connectivity index (χ4v) is 1.70. The first-order chi connectivity index (χ1) is 7.63. The molecule has 0 saturated heterocycles. The van der Waals surface area contributed by atoms with Gasteiger partial charge in [-0.05, 0) is 43.8 Å². The third kappa shape index (κ3) is 4.28. The molecular formula is C11H14BrN3S. The Morgan fingerprint density at radius 1 is 1.50 bits per heavy atom. The Morgan fingerprint density at radius 2 is 2.25 bits per heavy atom. The average Bonchev–Trinajstić information content (AvgIpc) is 2.26. The first kappa shape index (κ1) is 13.1. The van der Waals surface area contributed by atoms with Crippen molar-refractivity contribution >= 4 is 39.0 Å². The molecule has 0 radical (unpaired) electrons. The van der Waals surface area contributed by atoms with Crippen LogP contribution in [0.1, 0.15) is 19.4 Å². The van der Waals surface area contributed by atoms with Crippen LogP contribution in [0.2, 0.25) is 0 Å². The fourth-order valence-electron chi connectivity index (χ4n) is 1.11. The Labute approximate surface area is 109 Å². The standard InChI is InChI=1S/C11H14BrN3S/c1-3-13-11(16)15-14-8(2)9-5-4-6-10(12)7-9/h4-7H,3H2,1-2H3,(H2,13,15,16)/b14-8-. The lowest BCUT2D eigenvalue weighted by Gasteiger charge is -2.05. The summed E-state index contributed by atoms with van der Waals surface area (Å²) >= 11 is 8.43. The van der Waals surface area contributed by atoms with Gasteiger partial charge in [-0.15, -0.1) is 0 Å². The second-order valence-corrected chi connectivity index (χ2v) is 4.50. The van der Waals surface area contributed by atoms with Gasteiger partial charge < -0.3 is 5.32 Å². The second-order valence-electron chi connectivity index (χ2n) is 3.18. The lowest BCUT2D eigenvalue weighted by atomic mass is 10.1. The van der Waals surface area contributed by atoms with Gasteiger partial charge in [0.2, 0.25) is 0 Å². The molecule has 0 aliphatic heterocycles. The van der Waals surface area contributed by atoms with E-state index in [1.807, 2.05) is 38.1 Å². The molecule has 0 heterocycles. The van der Waals surface area contributed by atoms with Gasteiger partial charge in [0.25, 0.3) is 0 Å². The van der Waals surface area contributed by atoms with Crippen LogP contribution in [0.15, 0.2) is 33.8 Å². The van der Waals surface area contributed by atoms with Gasteiger partial charge in [0.1, 0.15) is 0 Å². The molecule has 0 aliphatic rings. The van der Waals surface area contributed by atoms with Crippen molar-refractivity contribution in [1.82, 2.24) is 10.7 Å². The molecule has 1 aromatic rings. The summed E-state index contributed by atoms with van der Waals surface area (Å²) in [6.45, 7) is 4.71. The Hall–Kier alpha value is -0.940. The number of benzene rings is 1. The van der Waals surface area contributed by atoms with Gasteiger partial charge in [0.05, 0.1) is 5.71 Å². The van der Waals surface area contributed by atoms with Crippen LogP contribution >= 0.6 is 28.1 Å². The number of hydrogen-bond acceptors (Lipinski definition) is 2. The van der Waals surface area contributed by atoms with E-state index >= 15 is 0 Å². The van der Waals surface area contributed by atoms with Gasteiger partial charge in [-0.1, -0.05) is 28.1 Å². The minimum atomic E-state index is 0.539. The topological polar surface area (TPSA) is 36.4 Å². The molecule has 5 heteroatoms. The number of halogens is 1. The lowest BCUT2D eigenvalue weighted by molar-refractivity contribution is 0.900. The molecule has 86 valence electrons. The molecule has 0 aromatic heterocycles. The van der Waals surface area contributed by atoms with Crippen LogP contribution in [0.5, 0.6) is 0 Å². The van der Waals surface area contributed by atoms with E-state index in [1.54, 1.807) is 0 Å². The van der Waals surface area contributed by atoms with E-state index in [-0.39, 0.29) is 0 Å². The van der Waals surface area contributed by atoms with Crippen LogP contribution in [0.3, 0.4) is 0 Å². The van der Waals surface area contributed by atoms with E-state index in [9.17, 15) is 0 Å². The van der Waals surface area contributed by atoms with E-state index in [4.69, 9.17) is 12.2 Å². The number of rotatable bonds is 3. The van der Waals surface area contributed by atoms with Crippen molar-refractivity contribution in [2.75, 3.05) is 6.54 Å². The van der Waals surface area contributed by atoms with Crippen molar-refractivity contribution in [3.63, 3.8) is 0 Å². The number of nitrogens with zero attached hydrogens (tertiary/aromatic N) is 1. The molecule has 0 amide bonds. The minimum Gasteiger partial charge on any atom is -0.362 e. The van der Waals surface area contributed by atoms with Crippen LogP contribution in [-0.2, 0) is 0 Å². The zero-order valence-electron chi connectivity index (χ0n) is 9.25. The van der Waals surface area contributed by atoms with Crippen LogP contribution < -0.4 is 10.7 Å². The van der Waals surface area contributed by atoms with Crippen molar-refractivity contribution in [3.8, 4) is 0 Å². The van der Waals surface area contributed by atoms with Crippen LogP contribution in [0.4, 0.5) is 0 Å². The maximum Gasteiger partial charge on any atom is 0.186 e. The predicted molar refractivity (Wildman–Crippen MR) is 75.8 cm³/mol. The van der Waals surface area contributed by atoms with Gasteiger partial charge in [0, 0.05) is 11.0 Å². The molecule has 2 N–H and O–H groups in total. The molecule has 1 rings (SSSR count). The second kappa shape index (κ2) is 6.60. The quantitative estimate of drug-likeness (QED) is 0.512. The monoisotopic (exact) mass is 299 g/mol. The van der Waals surface area contributed by atoms with E-state index in [0.29, 0.717) is 5.11 Å². The summed E-state index contributed by atoms with van der Waals surface area (Å²) in [4.78, 5) is 0. The summed E-state index contributed by atoms with van der Waals surface area (Å²) < 4.78 is 1.04. The van der Waals surface area contributed by atoms with Gasteiger partial charge in [0.15, 0.2) is 5.11 Å². The molecule has 0 bridgehead atoms. The third-order valence-corrected chi connectivity index (χ3v) is 2.63. The fraction of sp³-hybridized carbons (Fsp3) is 0.273. The number of hydrazone groups is 1. The number of hydrogen-bond donors (Lipinski definition) is 2. The largest absolute Gasteiger partial charge is 0.362 e. The highest BCUT2D eigenvalue weighted by Crippen LogP contribution is 2.12. The molecule has 0 saturated carbocycles. The van der Waals surface area contributed by atoms with E-state index in [0.717, 1.165) is 22.3 Å². The van der Waals surface area contributed by atoms with Crippen LogP contribution in [0.25, 0.3) is 0 Å². The Balaban J connectivity index is 2.67. The summed E-state index contributed by atoms with van der Waals surface area (Å²) in [5, 5.41) is 7.70. The summed E-state index contributed by atoms with van der Waals surface area (Å²) in [7, 11) is 0. The lowest BCUT2D eigenvalue weighted by Crippen LogP contribution is -2.32. The zero-order chi connectivity index (χ0) is 12.0. The molecular weight excluding hydrogens is 286 g/mol. The van der Waals surface area contributed by atoms with Crippen molar-refractivity contribution < 1.29 is 0 Å². The average molecular weight is 300 g/mol. The van der Waals surface area contributed by atoms with Crippen LogP contribution in [-0.4, -0.2) is 17.4 Å². The highest BCUT2D eigenvalue weighted by Gasteiger charge is 1.98. The van der Waals surface area contributed by atoms with Gasteiger partial charge >= 0.3 is 0 Å². The van der Waals surface area contributed by atoms with Crippen molar-refractivity contribution in [2.24, 2.45) is 5.10 Å². The SMILES string of the molecule is CCNC(=S)N/N=C(/C)c1cccc(Br)c1. The Bertz CT molecular complexity index is 404. The maximum atomic E-state index is 5.01.